The molecule has 1 atom stereocenters. The minimum atomic E-state index is -0.232. The van der Waals surface area contributed by atoms with Crippen LogP contribution < -0.4 is 20.3 Å². The number of hydrogen-bond donors (Lipinski definition) is 1. The third-order valence-corrected chi connectivity index (χ3v) is 4.80. The van der Waals surface area contributed by atoms with E-state index in [9.17, 15) is 9.59 Å². The molecule has 1 amide bonds. The highest BCUT2D eigenvalue weighted by Gasteiger charge is 2.17. The summed E-state index contributed by atoms with van der Waals surface area (Å²) < 4.78 is 12.2. The van der Waals surface area contributed by atoms with Crippen LogP contribution in [0.4, 0.5) is 5.82 Å². The van der Waals surface area contributed by atoms with Crippen LogP contribution in [-0.2, 0) is 17.9 Å². The first-order chi connectivity index (χ1) is 15.0. The molecule has 31 heavy (non-hydrogen) atoms. The van der Waals surface area contributed by atoms with E-state index in [0.29, 0.717) is 36.1 Å². The molecule has 0 saturated carbocycles. The summed E-state index contributed by atoms with van der Waals surface area (Å²) in [6.07, 6.45) is 1.63. The number of hydrogen-bond acceptors (Lipinski definition) is 8. The average molecular weight is 422 g/mol. The number of anilines is 1. The lowest BCUT2D eigenvalue weighted by atomic mass is 10.1. The summed E-state index contributed by atoms with van der Waals surface area (Å²) >= 11 is 0. The van der Waals surface area contributed by atoms with Crippen molar-refractivity contribution in [2.24, 2.45) is 16.1 Å². The molecule has 0 spiro atoms. The van der Waals surface area contributed by atoms with Crippen LogP contribution >= 0.6 is 0 Å². The summed E-state index contributed by atoms with van der Waals surface area (Å²) in [6.45, 7) is 3.21. The second-order valence-electron chi connectivity index (χ2n) is 7.28. The summed E-state index contributed by atoms with van der Waals surface area (Å²) in [7, 11) is 1.57. The predicted molar refractivity (Wildman–Crippen MR) is 114 cm³/mol. The van der Waals surface area contributed by atoms with Gasteiger partial charge in [0.25, 0.3) is 11.5 Å². The Hall–Kier alpha value is -3.82. The Morgan fingerprint density at radius 2 is 2.13 bits per heavy atom. The quantitative estimate of drug-likeness (QED) is 0.584. The van der Waals surface area contributed by atoms with E-state index in [1.54, 1.807) is 36.1 Å². The number of amides is 1. The molecule has 3 aromatic heterocycles. The maximum absolute atomic E-state index is 12.4. The molecule has 160 valence electrons. The number of carbonyl (C=O) groups excluding carboxylic acids is 1. The standard InChI is InChI=1S/C21H22N6O4/c1-13(11-27-17-7-15(30-2)10-22-16(17)4-6-20(27)29)8-23-24-9-14-3-5-18-21(25-14)26-19(28)12-31-18/h3-7,10,13H,8-9,11-12H2,1-2H3,(H,25,26,28). The van der Waals surface area contributed by atoms with E-state index < -0.39 is 0 Å². The Kier molecular flexibility index (Phi) is 5.87. The molecule has 1 aliphatic rings. The van der Waals surface area contributed by atoms with Crippen LogP contribution in [0.2, 0.25) is 0 Å². The molecule has 3 aromatic rings. The first kappa shape index (κ1) is 20.5. The van der Waals surface area contributed by atoms with Gasteiger partial charge in [-0.05, 0) is 24.1 Å². The number of pyridine rings is 3. The van der Waals surface area contributed by atoms with E-state index in [2.05, 4.69) is 25.5 Å². The van der Waals surface area contributed by atoms with Crippen molar-refractivity contribution in [1.29, 1.82) is 0 Å². The van der Waals surface area contributed by atoms with E-state index >= 15 is 0 Å². The van der Waals surface area contributed by atoms with Gasteiger partial charge in [0.15, 0.2) is 18.2 Å². The second-order valence-corrected chi connectivity index (χ2v) is 7.28. The zero-order chi connectivity index (χ0) is 21.8. The van der Waals surface area contributed by atoms with Crippen molar-refractivity contribution in [1.82, 2.24) is 14.5 Å². The molecule has 0 aromatic carbocycles. The van der Waals surface area contributed by atoms with E-state index in [4.69, 9.17) is 9.47 Å². The van der Waals surface area contributed by atoms with Gasteiger partial charge in [-0.15, -0.1) is 0 Å². The van der Waals surface area contributed by atoms with E-state index in [-0.39, 0.29) is 30.5 Å². The lowest BCUT2D eigenvalue weighted by molar-refractivity contribution is -0.118. The SMILES string of the molecule is COc1cnc2ccc(=O)n(CC(C)CN=NCc3ccc4c(n3)NC(=O)CO4)c2c1. The van der Waals surface area contributed by atoms with Crippen LogP contribution in [0.5, 0.6) is 11.5 Å². The fourth-order valence-electron chi connectivity index (χ4n) is 3.23. The average Bonchev–Trinajstić information content (AvgIpc) is 2.78. The van der Waals surface area contributed by atoms with Crippen molar-refractivity contribution in [2.75, 3.05) is 25.6 Å². The number of rotatable bonds is 7. The Bertz CT molecular complexity index is 1210. The molecule has 0 saturated heterocycles. The minimum Gasteiger partial charge on any atom is -0.495 e. The summed E-state index contributed by atoms with van der Waals surface area (Å²) in [5, 5.41) is 11.1. The molecule has 0 radical (unpaired) electrons. The van der Waals surface area contributed by atoms with Crippen molar-refractivity contribution in [3.63, 3.8) is 0 Å². The molecule has 0 fully saturated rings. The third-order valence-electron chi connectivity index (χ3n) is 4.80. The van der Waals surface area contributed by atoms with Gasteiger partial charge in [-0.1, -0.05) is 6.92 Å². The maximum atomic E-state index is 12.4. The normalized spacial score (nSPS) is 14.2. The van der Waals surface area contributed by atoms with Gasteiger partial charge in [0.1, 0.15) is 12.3 Å². The molecule has 1 N–H and O–H groups in total. The topological polar surface area (TPSA) is 120 Å². The smallest absolute Gasteiger partial charge is 0.263 e. The Morgan fingerprint density at radius 1 is 1.26 bits per heavy atom. The van der Waals surface area contributed by atoms with Crippen LogP contribution in [0.25, 0.3) is 11.0 Å². The van der Waals surface area contributed by atoms with Gasteiger partial charge in [-0.2, -0.15) is 10.2 Å². The third kappa shape index (κ3) is 4.68. The monoisotopic (exact) mass is 422 g/mol. The summed E-state index contributed by atoms with van der Waals surface area (Å²) in [4.78, 5) is 32.5. The van der Waals surface area contributed by atoms with Gasteiger partial charge >= 0.3 is 0 Å². The van der Waals surface area contributed by atoms with Crippen molar-refractivity contribution >= 4 is 22.8 Å². The Labute approximate surface area is 177 Å². The number of aromatic nitrogens is 3. The first-order valence-electron chi connectivity index (χ1n) is 9.83. The Balaban J connectivity index is 1.40. The van der Waals surface area contributed by atoms with Crippen LogP contribution in [0, 0.1) is 5.92 Å². The number of methoxy groups -OCH3 is 1. The van der Waals surface area contributed by atoms with Gasteiger partial charge in [0.05, 0.1) is 36.6 Å². The molecule has 10 nitrogen and oxygen atoms in total. The lowest BCUT2D eigenvalue weighted by Gasteiger charge is -2.16. The lowest BCUT2D eigenvalue weighted by Crippen LogP contribution is -2.26. The molecule has 4 heterocycles. The minimum absolute atomic E-state index is 0.00570. The predicted octanol–water partition coefficient (Wildman–Crippen LogP) is 2.42. The van der Waals surface area contributed by atoms with Gasteiger partial charge in [-0.3, -0.25) is 14.6 Å². The van der Waals surface area contributed by atoms with Crippen molar-refractivity contribution in [3.05, 3.63) is 52.6 Å². The van der Waals surface area contributed by atoms with Gasteiger partial charge in [-0.25, -0.2) is 4.98 Å². The number of carbonyl (C=O) groups is 1. The number of ether oxygens (including phenoxy) is 2. The van der Waals surface area contributed by atoms with Crippen LogP contribution in [-0.4, -0.2) is 40.7 Å². The zero-order valence-corrected chi connectivity index (χ0v) is 17.2. The molecule has 1 aliphatic heterocycles. The molecular formula is C21H22N6O4. The maximum Gasteiger partial charge on any atom is 0.263 e. The number of nitrogens with zero attached hydrogens (tertiary/aromatic N) is 5. The van der Waals surface area contributed by atoms with Gasteiger partial charge in [0.2, 0.25) is 0 Å². The van der Waals surface area contributed by atoms with Gasteiger partial charge < -0.3 is 19.4 Å². The fourth-order valence-corrected chi connectivity index (χ4v) is 3.23. The molecule has 0 aliphatic carbocycles. The molecule has 1 unspecified atom stereocenters. The largest absolute Gasteiger partial charge is 0.495 e. The summed E-state index contributed by atoms with van der Waals surface area (Å²) in [5.74, 6) is 1.38. The van der Waals surface area contributed by atoms with Crippen molar-refractivity contribution in [3.8, 4) is 11.5 Å². The van der Waals surface area contributed by atoms with E-state index in [0.717, 1.165) is 11.0 Å². The van der Waals surface area contributed by atoms with Gasteiger partial charge in [0, 0.05) is 18.7 Å². The zero-order valence-electron chi connectivity index (χ0n) is 17.2. The number of fused-ring (bicyclic) bond motifs is 2. The van der Waals surface area contributed by atoms with Crippen LogP contribution in [0.15, 0.2) is 51.6 Å². The molecular weight excluding hydrogens is 400 g/mol. The van der Waals surface area contributed by atoms with Crippen molar-refractivity contribution in [2.45, 2.75) is 20.0 Å². The molecule has 0 bridgehead atoms. The highest BCUT2D eigenvalue weighted by Crippen LogP contribution is 2.25. The van der Waals surface area contributed by atoms with Crippen molar-refractivity contribution < 1.29 is 14.3 Å². The van der Waals surface area contributed by atoms with Crippen LogP contribution in [0.1, 0.15) is 12.6 Å². The highest BCUT2D eigenvalue weighted by molar-refractivity contribution is 5.94. The van der Waals surface area contributed by atoms with E-state index in [1.807, 2.05) is 13.0 Å². The second kappa shape index (κ2) is 8.90. The number of nitrogens with one attached hydrogen (secondary N) is 1. The highest BCUT2D eigenvalue weighted by atomic mass is 16.5. The first-order valence-corrected chi connectivity index (χ1v) is 9.83. The summed E-state index contributed by atoms with van der Waals surface area (Å²) in [5.41, 5.74) is 2.01. The van der Waals surface area contributed by atoms with Crippen LogP contribution in [0.3, 0.4) is 0 Å². The molecule has 4 rings (SSSR count). The Morgan fingerprint density at radius 3 is 2.97 bits per heavy atom. The molecule has 10 heteroatoms. The number of azo groups is 1. The fraction of sp³-hybridized carbons (Fsp3) is 0.333. The summed E-state index contributed by atoms with van der Waals surface area (Å²) in [6, 6.07) is 8.57. The van der Waals surface area contributed by atoms with E-state index in [1.165, 1.54) is 6.07 Å².